The average Bonchev–Trinajstić information content (AvgIpc) is 3.16. The van der Waals surface area contributed by atoms with Crippen molar-refractivity contribution < 1.29 is 4.79 Å². The fourth-order valence-electron chi connectivity index (χ4n) is 3.44. The van der Waals surface area contributed by atoms with E-state index in [1.165, 1.54) is 4.68 Å². The molecule has 1 unspecified atom stereocenters. The number of nitrogens with zero attached hydrogens (tertiary/aromatic N) is 5. The van der Waals surface area contributed by atoms with E-state index >= 15 is 0 Å². The molecule has 1 atom stereocenters. The van der Waals surface area contributed by atoms with Crippen molar-refractivity contribution in [3.05, 3.63) is 63.8 Å². The van der Waals surface area contributed by atoms with Gasteiger partial charge in [0, 0.05) is 18.8 Å². The van der Waals surface area contributed by atoms with Crippen molar-refractivity contribution in [3.8, 4) is 0 Å². The third kappa shape index (κ3) is 2.87. The number of benzene rings is 1. The van der Waals surface area contributed by atoms with Crippen LogP contribution >= 0.6 is 0 Å². The molecule has 0 aliphatic carbocycles. The van der Waals surface area contributed by atoms with Gasteiger partial charge in [-0.25, -0.2) is 13.9 Å². The number of hydrogen-bond acceptors (Lipinski definition) is 4. The molecule has 3 aromatic heterocycles. The predicted molar refractivity (Wildman–Crippen MR) is 107 cm³/mol. The zero-order valence-electron chi connectivity index (χ0n) is 16.3. The number of aryl methyl sites for hydroxylation is 2. The summed E-state index contributed by atoms with van der Waals surface area (Å²) in [5.74, 6) is -0.212. The van der Waals surface area contributed by atoms with Gasteiger partial charge >= 0.3 is 5.69 Å². The SMILES string of the molecule is Cc1cc2ccccc2n2c(=O)n(CC(C)NC(=O)c3cnn(C)c3C)nc12. The van der Waals surface area contributed by atoms with Gasteiger partial charge in [0.05, 0.1) is 23.8 Å². The van der Waals surface area contributed by atoms with Gasteiger partial charge in [0.2, 0.25) is 0 Å². The first-order valence-corrected chi connectivity index (χ1v) is 9.14. The largest absolute Gasteiger partial charge is 0.350 e. The van der Waals surface area contributed by atoms with Gasteiger partial charge in [-0.3, -0.25) is 9.48 Å². The molecule has 0 saturated carbocycles. The Bertz CT molecular complexity index is 1260. The van der Waals surface area contributed by atoms with Crippen molar-refractivity contribution in [3.63, 3.8) is 0 Å². The number of para-hydroxylation sites is 1. The molecule has 0 aliphatic rings. The minimum Gasteiger partial charge on any atom is -0.348 e. The molecule has 0 bridgehead atoms. The predicted octanol–water partition coefficient (Wildman–Crippen LogP) is 1.82. The summed E-state index contributed by atoms with van der Waals surface area (Å²) < 4.78 is 4.69. The molecule has 4 rings (SSSR count). The van der Waals surface area contributed by atoms with Crippen molar-refractivity contribution in [2.45, 2.75) is 33.4 Å². The van der Waals surface area contributed by atoms with E-state index in [1.807, 2.05) is 51.1 Å². The average molecular weight is 378 g/mol. The van der Waals surface area contributed by atoms with Gasteiger partial charge in [-0.15, -0.1) is 5.10 Å². The molecule has 8 nitrogen and oxygen atoms in total. The third-order valence-electron chi connectivity index (χ3n) is 5.05. The molecular formula is C20H22N6O2. The first-order chi connectivity index (χ1) is 13.4. The van der Waals surface area contributed by atoms with Crippen LogP contribution in [0.5, 0.6) is 0 Å². The van der Waals surface area contributed by atoms with Gasteiger partial charge in [-0.2, -0.15) is 5.10 Å². The molecule has 0 saturated heterocycles. The summed E-state index contributed by atoms with van der Waals surface area (Å²) in [6, 6.07) is 9.48. The van der Waals surface area contributed by atoms with E-state index in [4.69, 9.17) is 0 Å². The maximum Gasteiger partial charge on any atom is 0.350 e. The van der Waals surface area contributed by atoms with Crippen LogP contribution in [0.15, 0.2) is 41.3 Å². The van der Waals surface area contributed by atoms with Gasteiger partial charge < -0.3 is 5.32 Å². The second-order valence-electron chi connectivity index (χ2n) is 7.15. The van der Waals surface area contributed by atoms with Crippen LogP contribution in [0.25, 0.3) is 16.6 Å². The molecule has 4 aromatic rings. The highest BCUT2D eigenvalue weighted by Crippen LogP contribution is 2.18. The summed E-state index contributed by atoms with van der Waals surface area (Å²) in [7, 11) is 1.79. The van der Waals surface area contributed by atoms with E-state index in [1.54, 1.807) is 22.3 Å². The molecular weight excluding hydrogens is 356 g/mol. The van der Waals surface area contributed by atoms with Crippen LogP contribution in [0.1, 0.15) is 28.5 Å². The highest BCUT2D eigenvalue weighted by molar-refractivity contribution is 5.95. The molecule has 1 amide bonds. The Morgan fingerprint density at radius 2 is 2.00 bits per heavy atom. The zero-order valence-corrected chi connectivity index (χ0v) is 16.3. The molecule has 0 fully saturated rings. The molecule has 144 valence electrons. The van der Waals surface area contributed by atoms with E-state index in [0.29, 0.717) is 11.2 Å². The Hall–Kier alpha value is -3.42. The summed E-state index contributed by atoms with van der Waals surface area (Å²) in [6.45, 7) is 5.91. The number of rotatable bonds is 4. The maximum absolute atomic E-state index is 13.0. The molecule has 28 heavy (non-hydrogen) atoms. The Kier molecular flexibility index (Phi) is 4.26. The van der Waals surface area contributed by atoms with Gasteiger partial charge in [0.15, 0.2) is 5.65 Å². The lowest BCUT2D eigenvalue weighted by molar-refractivity contribution is 0.0935. The fraction of sp³-hybridized carbons (Fsp3) is 0.300. The number of fused-ring (bicyclic) bond motifs is 3. The van der Waals surface area contributed by atoms with Gasteiger partial charge in [-0.1, -0.05) is 18.2 Å². The standard InChI is InChI=1S/C20H22N6O2/c1-12-9-15-7-5-6-8-17(15)26-18(12)23-25(20(26)28)11-13(2)22-19(27)16-10-21-24(4)14(16)3/h5-10,13H,11H2,1-4H3,(H,22,27). The number of carbonyl (C=O) groups excluding carboxylic acids is 1. The first-order valence-electron chi connectivity index (χ1n) is 9.14. The van der Waals surface area contributed by atoms with Crippen LogP contribution in [0, 0.1) is 13.8 Å². The van der Waals surface area contributed by atoms with Crippen molar-refractivity contribution in [1.29, 1.82) is 0 Å². The smallest absolute Gasteiger partial charge is 0.348 e. The molecule has 0 radical (unpaired) electrons. The molecule has 3 heterocycles. The van der Waals surface area contributed by atoms with Crippen LogP contribution in [-0.2, 0) is 13.6 Å². The summed E-state index contributed by atoms with van der Waals surface area (Å²) in [6.07, 6.45) is 1.55. The Labute approximate surface area is 161 Å². The van der Waals surface area contributed by atoms with Crippen molar-refractivity contribution >= 4 is 22.5 Å². The number of hydrogen-bond donors (Lipinski definition) is 1. The van der Waals surface area contributed by atoms with Gasteiger partial charge in [-0.05, 0) is 43.9 Å². The van der Waals surface area contributed by atoms with E-state index in [0.717, 1.165) is 22.2 Å². The Morgan fingerprint density at radius 1 is 1.25 bits per heavy atom. The maximum atomic E-state index is 13.0. The van der Waals surface area contributed by atoms with Crippen molar-refractivity contribution in [1.82, 2.24) is 29.3 Å². The Balaban J connectivity index is 1.65. The minimum absolute atomic E-state index is 0.212. The molecule has 1 aromatic carbocycles. The van der Waals surface area contributed by atoms with Crippen LogP contribution < -0.4 is 11.0 Å². The molecule has 8 heteroatoms. The fourth-order valence-corrected chi connectivity index (χ4v) is 3.44. The first kappa shape index (κ1) is 18.0. The topological polar surface area (TPSA) is 86.2 Å². The lowest BCUT2D eigenvalue weighted by Gasteiger charge is -2.13. The van der Waals surface area contributed by atoms with Crippen molar-refractivity contribution in [2.75, 3.05) is 0 Å². The van der Waals surface area contributed by atoms with E-state index in [2.05, 4.69) is 15.5 Å². The second-order valence-corrected chi connectivity index (χ2v) is 7.15. The lowest BCUT2D eigenvalue weighted by atomic mass is 10.1. The number of nitrogens with one attached hydrogen (secondary N) is 1. The van der Waals surface area contributed by atoms with E-state index in [-0.39, 0.29) is 24.2 Å². The highest BCUT2D eigenvalue weighted by Gasteiger charge is 2.18. The lowest BCUT2D eigenvalue weighted by Crippen LogP contribution is -2.38. The quantitative estimate of drug-likeness (QED) is 0.587. The molecule has 1 N–H and O–H groups in total. The molecule has 0 spiro atoms. The van der Waals surface area contributed by atoms with Crippen LogP contribution in [-0.4, -0.2) is 35.9 Å². The van der Waals surface area contributed by atoms with Crippen LogP contribution in [0.3, 0.4) is 0 Å². The van der Waals surface area contributed by atoms with Gasteiger partial charge in [0.1, 0.15) is 0 Å². The highest BCUT2D eigenvalue weighted by atomic mass is 16.2. The zero-order chi connectivity index (χ0) is 20.0. The number of carbonyl (C=O) groups is 1. The third-order valence-corrected chi connectivity index (χ3v) is 5.05. The summed E-state index contributed by atoms with van der Waals surface area (Å²) >= 11 is 0. The second kappa shape index (κ2) is 6.63. The van der Waals surface area contributed by atoms with E-state index < -0.39 is 0 Å². The number of pyridine rings is 1. The summed E-state index contributed by atoms with van der Waals surface area (Å²) in [4.78, 5) is 25.5. The van der Waals surface area contributed by atoms with Crippen molar-refractivity contribution in [2.24, 2.45) is 7.05 Å². The minimum atomic E-state index is -0.277. The number of aromatic nitrogens is 5. The normalized spacial score (nSPS) is 12.6. The van der Waals surface area contributed by atoms with Crippen LogP contribution in [0.2, 0.25) is 0 Å². The summed E-state index contributed by atoms with van der Waals surface area (Å²) in [5.41, 5.74) is 3.48. The van der Waals surface area contributed by atoms with Crippen LogP contribution in [0.4, 0.5) is 0 Å². The van der Waals surface area contributed by atoms with E-state index in [9.17, 15) is 9.59 Å². The monoisotopic (exact) mass is 378 g/mol. The number of amides is 1. The van der Waals surface area contributed by atoms with Gasteiger partial charge in [0.25, 0.3) is 5.91 Å². The molecule has 0 aliphatic heterocycles. The Morgan fingerprint density at radius 3 is 2.71 bits per heavy atom. The summed E-state index contributed by atoms with van der Waals surface area (Å²) in [5, 5.41) is 12.5.